The Morgan fingerprint density at radius 1 is 1.21 bits per heavy atom. The second kappa shape index (κ2) is 4.80. The Hall–Kier alpha value is -1.07. The first-order valence-corrected chi connectivity index (χ1v) is 8.54. The molecule has 2 heterocycles. The Bertz CT molecular complexity index is 559. The number of hydrogen-bond acceptors (Lipinski definition) is 4. The lowest BCUT2D eigenvalue weighted by atomic mass is 10.0. The zero-order chi connectivity index (χ0) is 13.5. The molecule has 19 heavy (non-hydrogen) atoms. The Kier molecular flexibility index (Phi) is 3.27. The average Bonchev–Trinajstić information content (AvgIpc) is 2.99. The molecule has 0 aromatic heterocycles. The van der Waals surface area contributed by atoms with E-state index in [0.29, 0.717) is 16.7 Å². The second-order valence-electron chi connectivity index (χ2n) is 5.45. The zero-order valence-corrected chi connectivity index (χ0v) is 12.0. The summed E-state index contributed by atoms with van der Waals surface area (Å²) in [5.74, 6) is 1.49. The number of anilines is 1. The Labute approximate surface area is 114 Å². The Balaban J connectivity index is 1.94. The maximum absolute atomic E-state index is 12.2. The maximum atomic E-state index is 12.2. The fourth-order valence-corrected chi connectivity index (χ4v) is 4.30. The first kappa shape index (κ1) is 12.9. The lowest BCUT2D eigenvalue weighted by molar-refractivity contribution is 0.533. The second-order valence-corrected chi connectivity index (χ2v) is 7.70. The quantitative estimate of drug-likeness (QED) is 0.902. The van der Waals surface area contributed by atoms with Crippen molar-refractivity contribution in [2.24, 2.45) is 11.8 Å². The fraction of sp³-hybridized carbons (Fsp3) is 0.571. The van der Waals surface area contributed by atoms with Gasteiger partial charge < -0.3 is 10.2 Å². The Morgan fingerprint density at radius 2 is 1.84 bits per heavy atom. The first-order valence-electron chi connectivity index (χ1n) is 6.89. The van der Waals surface area contributed by atoms with Gasteiger partial charge in [-0.2, -0.15) is 0 Å². The summed E-state index contributed by atoms with van der Waals surface area (Å²) in [6, 6.07) is 7.42. The third-order valence-corrected chi connectivity index (χ3v) is 6.09. The van der Waals surface area contributed by atoms with Gasteiger partial charge in [0.25, 0.3) is 0 Å². The normalized spacial score (nSPS) is 26.7. The highest BCUT2D eigenvalue weighted by Crippen LogP contribution is 2.34. The van der Waals surface area contributed by atoms with Gasteiger partial charge in [0.2, 0.25) is 0 Å². The maximum Gasteiger partial charge on any atom is 0.180 e. The molecule has 0 spiro atoms. The lowest BCUT2D eigenvalue weighted by Gasteiger charge is -2.22. The van der Waals surface area contributed by atoms with Crippen LogP contribution in [0.4, 0.5) is 5.69 Å². The average molecular weight is 280 g/mol. The monoisotopic (exact) mass is 280 g/mol. The molecule has 0 radical (unpaired) electrons. The zero-order valence-electron chi connectivity index (χ0n) is 11.2. The van der Waals surface area contributed by atoms with Gasteiger partial charge in [-0.3, -0.25) is 0 Å². The van der Waals surface area contributed by atoms with Crippen molar-refractivity contribution < 1.29 is 8.42 Å². The minimum Gasteiger partial charge on any atom is -0.370 e. The fourth-order valence-electron chi connectivity index (χ4n) is 3.19. The van der Waals surface area contributed by atoms with Crippen molar-refractivity contribution in [3.63, 3.8) is 0 Å². The summed E-state index contributed by atoms with van der Waals surface area (Å²) >= 11 is 0. The molecule has 5 heteroatoms. The van der Waals surface area contributed by atoms with Crippen LogP contribution in [-0.4, -0.2) is 40.3 Å². The van der Waals surface area contributed by atoms with Gasteiger partial charge >= 0.3 is 0 Å². The first-order chi connectivity index (χ1) is 9.12. The van der Waals surface area contributed by atoms with E-state index in [1.54, 1.807) is 13.0 Å². The number of para-hydroxylation sites is 1. The molecule has 1 N–H and O–H groups in total. The van der Waals surface area contributed by atoms with Gasteiger partial charge in [0.1, 0.15) is 0 Å². The van der Waals surface area contributed by atoms with E-state index in [-0.39, 0.29) is 5.75 Å². The molecular formula is C14H20N2O2S. The highest BCUT2D eigenvalue weighted by Gasteiger charge is 2.37. The molecule has 2 aliphatic heterocycles. The summed E-state index contributed by atoms with van der Waals surface area (Å²) in [5, 5.41) is 3.41. The number of rotatable bonds is 3. The predicted molar refractivity (Wildman–Crippen MR) is 76.2 cm³/mol. The van der Waals surface area contributed by atoms with Gasteiger partial charge in [-0.05, 0) is 24.0 Å². The molecule has 0 saturated carbocycles. The van der Waals surface area contributed by atoms with Gasteiger partial charge in [0, 0.05) is 26.2 Å². The highest BCUT2D eigenvalue weighted by molar-refractivity contribution is 7.91. The van der Waals surface area contributed by atoms with Crippen LogP contribution >= 0.6 is 0 Å². The van der Waals surface area contributed by atoms with Crippen molar-refractivity contribution in [1.82, 2.24) is 5.32 Å². The molecule has 2 saturated heterocycles. The van der Waals surface area contributed by atoms with E-state index in [9.17, 15) is 8.42 Å². The smallest absolute Gasteiger partial charge is 0.180 e. The van der Waals surface area contributed by atoms with E-state index >= 15 is 0 Å². The summed E-state index contributed by atoms with van der Waals surface area (Å²) in [5.41, 5.74) is 0.888. The molecule has 0 amide bonds. The molecule has 0 aliphatic carbocycles. The molecule has 4 nitrogen and oxygen atoms in total. The van der Waals surface area contributed by atoms with E-state index in [1.807, 2.05) is 18.2 Å². The van der Waals surface area contributed by atoms with Crippen LogP contribution in [0.5, 0.6) is 0 Å². The minimum atomic E-state index is -3.15. The number of sulfone groups is 1. The topological polar surface area (TPSA) is 49.4 Å². The van der Waals surface area contributed by atoms with Crippen LogP contribution in [0.1, 0.15) is 6.92 Å². The number of nitrogens with one attached hydrogen (secondary N) is 1. The molecule has 0 unspecified atom stereocenters. The summed E-state index contributed by atoms with van der Waals surface area (Å²) < 4.78 is 24.4. The molecule has 2 aliphatic rings. The van der Waals surface area contributed by atoms with Crippen molar-refractivity contribution >= 4 is 15.5 Å². The summed E-state index contributed by atoms with van der Waals surface area (Å²) in [4.78, 5) is 2.74. The molecular weight excluding hydrogens is 260 g/mol. The van der Waals surface area contributed by atoms with Crippen LogP contribution in [-0.2, 0) is 9.84 Å². The number of nitrogens with zero attached hydrogens (tertiary/aromatic N) is 1. The number of hydrogen-bond donors (Lipinski definition) is 1. The number of benzene rings is 1. The van der Waals surface area contributed by atoms with E-state index in [2.05, 4.69) is 10.2 Å². The van der Waals surface area contributed by atoms with Crippen LogP contribution in [0, 0.1) is 11.8 Å². The highest BCUT2D eigenvalue weighted by atomic mass is 32.2. The van der Waals surface area contributed by atoms with Crippen LogP contribution < -0.4 is 10.2 Å². The van der Waals surface area contributed by atoms with Gasteiger partial charge in [0.05, 0.1) is 16.3 Å². The SMILES string of the molecule is CCS(=O)(=O)c1ccccc1N1C[C@H]2CNC[C@H]2C1. The largest absolute Gasteiger partial charge is 0.370 e. The molecule has 104 valence electrons. The molecule has 3 rings (SSSR count). The molecule has 2 fully saturated rings. The summed E-state index contributed by atoms with van der Waals surface area (Å²) in [6.07, 6.45) is 0. The van der Waals surface area contributed by atoms with Crippen LogP contribution in [0.2, 0.25) is 0 Å². The summed E-state index contributed by atoms with van der Waals surface area (Å²) in [6.45, 7) is 5.75. The van der Waals surface area contributed by atoms with Crippen molar-refractivity contribution in [3.05, 3.63) is 24.3 Å². The summed E-state index contributed by atoms with van der Waals surface area (Å²) in [7, 11) is -3.15. The van der Waals surface area contributed by atoms with Crippen molar-refractivity contribution in [3.8, 4) is 0 Å². The van der Waals surface area contributed by atoms with Crippen LogP contribution in [0.25, 0.3) is 0 Å². The van der Waals surface area contributed by atoms with E-state index in [4.69, 9.17) is 0 Å². The standard InChI is InChI=1S/C14H20N2O2S/c1-2-19(17,18)14-6-4-3-5-13(14)16-9-11-7-15-8-12(11)10-16/h3-6,11-12,15H,2,7-10H2,1H3/t11-,12+. The number of fused-ring (bicyclic) bond motifs is 1. The lowest BCUT2D eigenvalue weighted by Crippen LogP contribution is -2.27. The van der Waals surface area contributed by atoms with Crippen molar-refractivity contribution in [1.29, 1.82) is 0 Å². The third-order valence-electron chi connectivity index (χ3n) is 4.31. The minimum absolute atomic E-state index is 0.159. The van der Waals surface area contributed by atoms with Crippen LogP contribution in [0.3, 0.4) is 0 Å². The predicted octanol–water partition coefficient (Wildman–Crippen LogP) is 1.14. The molecule has 1 aromatic rings. The van der Waals surface area contributed by atoms with Gasteiger partial charge in [-0.15, -0.1) is 0 Å². The molecule has 0 bridgehead atoms. The third kappa shape index (κ3) is 2.25. The van der Waals surface area contributed by atoms with Crippen LogP contribution in [0.15, 0.2) is 29.2 Å². The van der Waals surface area contributed by atoms with Crippen molar-refractivity contribution in [2.75, 3.05) is 36.8 Å². The van der Waals surface area contributed by atoms with E-state index < -0.39 is 9.84 Å². The van der Waals surface area contributed by atoms with Crippen molar-refractivity contribution in [2.45, 2.75) is 11.8 Å². The van der Waals surface area contributed by atoms with Gasteiger partial charge in [-0.1, -0.05) is 19.1 Å². The Morgan fingerprint density at radius 3 is 2.47 bits per heavy atom. The molecule has 1 aromatic carbocycles. The molecule has 2 atom stereocenters. The van der Waals surface area contributed by atoms with Gasteiger partial charge in [0.15, 0.2) is 9.84 Å². The van der Waals surface area contributed by atoms with E-state index in [1.165, 1.54) is 0 Å². The van der Waals surface area contributed by atoms with Gasteiger partial charge in [-0.25, -0.2) is 8.42 Å². The van der Waals surface area contributed by atoms with E-state index in [0.717, 1.165) is 31.9 Å².